The van der Waals surface area contributed by atoms with Crippen LogP contribution in [0.5, 0.6) is 5.75 Å². The molecule has 1 fully saturated rings. The summed E-state index contributed by atoms with van der Waals surface area (Å²) in [6, 6.07) is 8.44. The smallest absolute Gasteiger partial charge is 0.120 e. The largest absolute Gasteiger partial charge is 0.488 e. The molecule has 1 aromatic carbocycles. The first kappa shape index (κ1) is 9.57. The summed E-state index contributed by atoms with van der Waals surface area (Å²) in [4.78, 5) is 0. The van der Waals surface area contributed by atoms with Crippen LogP contribution in [0, 0.1) is 5.92 Å². The van der Waals surface area contributed by atoms with Crippen LogP contribution < -0.4 is 4.74 Å². The van der Waals surface area contributed by atoms with Crippen LogP contribution in [0.2, 0.25) is 0 Å². The molecule has 0 saturated heterocycles. The summed E-state index contributed by atoms with van der Waals surface area (Å²) >= 11 is 0. The van der Waals surface area contributed by atoms with Crippen molar-refractivity contribution in [2.75, 3.05) is 0 Å². The molecule has 2 rings (SSSR count). The lowest BCUT2D eigenvalue weighted by Gasteiger charge is -2.21. The fourth-order valence-corrected chi connectivity index (χ4v) is 1.46. The molecular weight excluding hydrogens is 172 g/mol. The van der Waals surface area contributed by atoms with E-state index in [0.29, 0.717) is 0 Å². The van der Waals surface area contributed by atoms with E-state index in [2.05, 4.69) is 45.0 Å². The summed E-state index contributed by atoms with van der Waals surface area (Å²) in [5.74, 6) is 2.54. The molecule has 1 nitrogen and oxygen atoms in total. The zero-order valence-corrected chi connectivity index (χ0v) is 9.13. The van der Waals surface area contributed by atoms with Crippen LogP contribution in [0.3, 0.4) is 0 Å². The number of hydrogen-bond acceptors (Lipinski definition) is 1. The lowest BCUT2D eigenvalue weighted by molar-refractivity contribution is 0.131. The molecule has 0 unspecified atom stereocenters. The first-order valence-electron chi connectivity index (χ1n) is 5.19. The summed E-state index contributed by atoms with van der Waals surface area (Å²) in [5.41, 5.74) is 1.28. The first-order valence-corrected chi connectivity index (χ1v) is 5.19. The molecule has 0 aromatic heterocycles. The maximum absolute atomic E-state index is 5.75. The Balaban J connectivity index is 2.06. The number of rotatable bonds is 2. The van der Waals surface area contributed by atoms with Crippen LogP contribution in [0.1, 0.15) is 39.2 Å². The highest BCUT2D eigenvalue weighted by Crippen LogP contribution is 2.39. The van der Waals surface area contributed by atoms with Gasteiger partial charge in [-0.05, 0) is 51.3 Å². The first-order chi connectivity index (χ1) is 6.54. The summed E-state index contributed by atoms with van der Waals surface area (Å²) in [5, 5.41) is 0. The van der Waals surface area contributed by atoms with Gasteiger partial charge in [-0.1, -0.05) is 12.1 Å². The third-order valence-corrected chi connectivity index (χ3v) is 2.19. The van der Waals surface area contributed by atoms with Crippen LogP contribution in [0.4, 0.5) is 0 Å². The van der Waals surface area contributed by atoms with Crippen LogP contribution >= 0.6 is 0 Å². The van der Waals surface area contributed by atoms with Gasteiger partial charge in [-0.15, -0.1) is 0 Å². The van der Waals surface area contributed by atoms with Crippen molar-refractivity contribution in [2.45, 2.75) is 39.2 Å². The minimum absolute atomic E-state index is 0.103. The van der Waals surface area contributed by atoms with E-state index in [1.165, 1.54) is 18.4 Å². The molecule has 1 radical (unpaired) electrons. The molecule has 1 aliphatic rings. The van der Waals surface area contributed by atoms with E-state index < -0.39 is 0 Å². The quantitative estimate of drug-likeness (QED) is 0.691. The Bertz CT molecular complexity index is 301. The second-order valence-corrected chi connectivity index (χ2v) is 4.84. The van der Waals surface area contributed by atoms with Gasteiger partial charge in [0.05, 0.1) is 0 Å². The zero-order chi connectivity index (χ0) is 10.2. The molecule has 1 saturated carbocycles. The zero-order valence-electron chi connectivity index (χ0n) is 9.13. The Kier molecular flexibility index (Phi) is 2.26. The fourth-order valence-electron chi connectivity index (χ4n) is 1.46. The Labute approximate surface area is 86.1 Å². The van der Waals surface area contributed by atoms with Crippen molar-refractivity contribution in [3.8, 4) is 5.75 Å². The Morgan fingerprint density at radius 3 is 2.00 bits per heavy atom. The van der Waals surface area contributed by atoms with Gasteiger partial charge in [-0.2, -0.15) is 0 Å². The van der Waals surface area contributed by atoms with Gasteiger partial charge in [-0.25, -0.2) is 0 Å². The Morgan fingerprint density at radius 1 is 1.00 bits per heavy atom. The van der Waals surface area contributed by atoms with Crippen molar-refractivity contribution < 1.29 is 4.74 Å². The third kappa shape index (κ3) is 2.50. The monoisotopic (exact) mass is 189 g/mol. The van der Waals surface area contributed by atoms with Crippen molar-refractivity contribution in [2.24, 2.45) is 0 Å². The fraction of sp³-hybridized carbons (Fsp3) is 0.462. The van der Waals surface area contributed by atoms with E-state index in [1.807, 2.05) is 0 Å². The lowest BCUT2D eigenvalue weighted by Crippen LogP contribution is -2.22. The summed E-state index contributed by atoms with van der Waals surface area (Å²) in [6.45, 7) is 6.20. The molecule has 75 valence electrons. The van der Waals surface area contributed by atoms with Crippen LogP contribution in [-0.2, 0) is 0 Å². The minimum atomic E-state index is -0.103. The number of benzene rings is 1. The topological polar surface area (TPSA) is 9.23 Å². The van der Waals surface area contributed by atoms with E-state index in [-0.39, 0.29) is 5.60 Å². The molecule has 0 amide bonds. The van der Waals surface area contributed by atoms with E-state index in [0.717, 1.165) is 5.75 Å². The maximum atomic E-state index is 5.75. The molecule has 0 spiro atoms. The molecule has 0 N–H and O–H groups in total. The normalized spacial score (nSPS) is 16.8. The van der Waals surface area contributed by atoms with Crippen molar-refractivity contribution in [1.82, 2.24) is 0 Å². The number of hydrogen-bond donors (Lipinski definition) is 0. The van der Waals surface area contributed by atoms with Crippen LogP contribution in [-0.4, -0.2) is 5.60 Å². The van der Waals surface area contributed by atoms with Crippen molar-refractivity contribution in [3.63, 3.8) is 0 Å². The summed E-state index contributed by atoms with van der Waals surface area (Å²) < 4.78 is 5.75. The van der Waals surface area contributed by atoms with Crippen LogP contribution in [0.25, 0.3) is 0 Å². The van der Waals surface area contributed by atoms with Crippen molar-refractivity contribution >= 4 is 0 Å². The average Bonchev–Trinajstić information content (AvgIpc) is 2.85. The third-order valence-electron chi connectivity index (χ3n) is 2.19. The van der Waals surface area contributed by atoms with E-state index in [9.17, 15) is 0 Å². The molecule has 0 atom stereocenters. The highest BCUT2D eigenvalue weighted by molar-refractivity contribution is 5.40. The standard InChI is InChI=1S/C13H17O/c1-13(2,3)14-12-8-6-11(7-9-12)10-4-5-10/h6-9H,4-5H2,1-3H3. The van der Waals surface area contributed by atoms with Crippen LogP contribution in [0.15, 0.2) is 24.3 Å². The summed E-state index contributed by atoms with van der Waals surface area (Å²) in [6.07, 6.45) is 2.55. The molecule has 1 aliphatic carbocycles. The van der Waals surface area contributed by atoms with Gasteiger partial charge in [0.15, 0.2) is 0 Å². The predicted molar refractivity (Wildman–Crippen MR) is 58.4 cm³/mol. The van der Waals surface area contributed by atoms with Gasteiger partial charge < -0.3 is 4.74 Å². The second kappa shape index (κ2) is 3.30. The molecule has 14 heavy (non-hydrogen) atoms. The van der Waals surface area contributed by atoms with Crippen molar-refractivity contribution in [1.29, 1.82) is 0 Å². The van der Waals surface area contributed by atoms with Gasteiger partial charge in [0.1, 0.15) is 11.4 Å². The molecule has 0 heterocycles. The molecule has 1 aromatic rings. The average molecular weight is 189 g/mol. The van der Waals surface area contributed by atoms with Gasteiger partial charge in [0.25, 0.3) is 0 Å². The van der Waals surface area contributed by atoms with Gasteiger partial charge in [-0.3, -0.25) is 0 Å². The molecule has 1 heteroatoms. The van der Waals surface area contributed by atoms with E-state index in [1.54, 1.807) is 5.92 Å². The van der Waals surface area contributed by atoms with E-state index in [4.69, 9.17) is 4.74 Å². The Hall–Kier alpha value is -0.980. The predicted octanol–water partition coefficient (Wildman–Crippen LogP) is 3.58. The Morgan fingerprint density at radius 2 is 1.57 bits per heavy atom. The molecule has 0 bridgehead atoms. The second-order valence-electron chi connectivity index (χ2n) is 4.84. The molecular formula is C13H17O. The highest BCUT2D eigenvalue weighted by atomic mass is 16.5. The van der Waals surface area contributed by atoms with Gasteiger partial charge in [0, 0.05) is 5.92 Å². The summed E-state index contributed by atoms with van der Waals surface area (Å²) in [7, 11) is 0. The van der Waals surface area contributed by atoms with Crippen molar-refractivity contribution in [3.05, 3.63) is 35.7 Å². The number of ether oxygens (including phenoxy) is 1. The lowest BCUT2D eigenvalue weighted by atomic mass is 10.1. The SMILES string of the molecule is CC(C)(C)Oc1ccc([C]2CC2)cc1. The van der Waals surface area contributed by atoms with E-state index >= 15 is 0 Å². The van der Waals surface area contributed by atoms with Gasteiger partial charge in [0.2, 0.25) is 0 Å². The molecule has 0 aliphatic heterocycles. The maximum Gasteiger partial charge on any atom is 0.120 e. The highest BCUT2D eigenvalue weighted by Gasteiger charge is 2.24. The van der Waals surface area contributed by atoms with Gasteiger partial charge >= 0.3 is 0 Å². The minimum Gasteiger partial charge on any atom is -0.488 e.